The molecule has 1 aliphatic rings. The fourth-order valence-corrected chi connectivity index (χ4v) is 2.92. The van der Waals surface area contributed by atoms with E-state index in [0.29, 0.717) is 17.3 Å². The Hall–Kier alpha value is -1.12. The number of nitriles is 1. The van der Waals surface area contributed by atoms with Gasteiger partial charge in [0.1, 0.15) is 6.07 Å². The van der Waals surface area contributed by atoms with E-state index in [4.69, 9.17) is 5.26 Å². The lowest BCUT2D eigenvalue weighted by atomic mass is 10.0. The highest BCUT2D eigenvalue weighted by Crippen LogP contribution is 2.31. The van der Waals surface area contributed by atoms with Crippen molar-refractivity contribution in [2.75, 3.05) is 32.1 Å². The van der Waals surface area contributed by atoms with E-state index < -0.39 is 0 Å². The molecule has 1 aliphatic heterocycles. The molecular formula is C14H17BrFN3. The number of rotatable bonds is 2. The first-order valence-corrected chi connectivity index (χ1v) is 7.13. The summed E-state index contributed by atoms with van der Waals surface area (Å²) >= 11 is 3.16. The van der Waals surface area contributed by atoms with Gasteiger partial charge in [0.15, 0.2) is 5.82 Å². The lowest BCUT2D eigenvalue weighted by Crippen LogP contribution is -2.42. The van der Waals surface area contributed by atoms with Gasteiger partial charge in [-0.1, -0.05) is 0 Å². The Morgan fingerprint density at radius 2 is 2.00 bits per heavy atom. The molecule has 0 aliphatic carbocycles. The number of hydrogen-bond acceptors (Lipinski definition) is 3. The molecule has 1 saturated heterocycles. The maximum Gasteiger partial charge on any atom is 0.161 e. The molecule has 0 unspecified atom stereocenters. The Morgan fingerprint density at radius 3 is 2.53 bits per heavy atom. The van der Waals surface area contributed by atoms with Crippen molar-refractivity contribution in [2.45, 2.75) is 18.9 Å². The van der Waals surface area contributed by atoms with Gasteiger partial charge in [-0.2, -0.15) is 5.26 Å². The maximum absolute atomic E-state index is 14.2. The standard InChI is InChI=1S/C14H17BrFN3/c1-18(2)11-5-7-19(8-6-11)12-4-3-10(9-17)13(15)14(12)16/h3-4,11H,5-8H2,1-2H3. The van der Waals surface area contributed by atoms with E-state index in [-0.39, 0.29) is 10.3 Å². The van der Waals surface area contributed by atoms with Crippen LogP contribution in [-0.4, -0.2) is 38.1 Å². The van der Waals surface area contributed by atoms with Gasteiger partial charge in [0.05, 0.1) is 15.7 Å². The van der Waals surface area contributed by atoms with Gasteiger partial charge in [0, 0.05) is 19.1 Å². The zero-order valence-corrected chi connectivity index (χ0v) is 12.7. The number of hydrogen-bond donors (Lipinski definition) is 0. The van der Waals surface area contributed by atoms with Gasteiger partial charge in [-0.15, -0.1) is 0 Å². The van der Waals surface area contributed by atoms with Gasteiger partial charge < -0.3 is 9.80 Å². The van der Waals surface area contributed by atoms with Gasteiger partial charge in [0.25, 0.3) is 0 Å². The van der Waals surface area contributed by atoms with Crippen LogP contribution in [0.15, 0.2) is 16.6 Å². The number of piperidine rings is 1. The summed E-state index contributed by atoms with van der Waals surface area (Å²) in [6.07, 6.45) is 2.06. The van der Waals surface area contributed by atoms with Crippen LogP contribution < -0.4 is 4.90 Å². The molecule has 19 heavy (non-hydrogen) atoms. The third-order valence-corrected chi connectivity index (χ3v) is 4.49. The molecule has 102 valence electrons. The Morgan fingerprint density at radius 1 is 1.37 bits per heavy atom. The first-order valence-electron chi connectivity index (χ1n) is 6.34. The predicted molar refractivity (Wildman–Crippen MR) is 77.7 cm³/mol. The largest absolute Gasteiger partial charge is 0.369 e. The smallest absolute Gasteiger partial charge is 0.161 e. The molecule has 0 radical (unpaired) electrons. The third-order valence-electron chi connectivity index (χ3n) is 3.72. The quantitative estimate of drug-likeness (QED) is 0.837. The van der Waals surface area contributed by atoms with Crippen molar-refractivity contribution >= 4 is 21.6 Å². The number of benzene rings is 1. The van der Waals surface area contributed by atoms with E-state index in [1.807, 2.05) is 6.07 Å². The normalized spacial score (nSPS) is 16.7. The van der Waals surface area contributed by atoms with Crippen LogP contribution in [0.2, 0.25) is 0 Å². The van der Waals surface area contributed by atoms with Crippen LogP contribution in [-0.2, 0) is 0 Å². The first-order chi connectivity index (χ1) is 9.04. The predicted octanol–water partition coefficient (Wildman–Crippen LogP) is 2.99. The second-order valence-electron chi connectivity index (χ2n) is 5.05. The minimum Gasteiger partial charge on any atom is -0.369 e. The van der Waals surface area contributed by atoms with Crippen LogP contribution in [0.1, 0.15) is 18.4 Å². The van der Waals surface area contributed by atoms with Crippen LogP contribution in [0.5, 0.6) is 0 Å². The topological polar surface area (TPSA) is 30.3 Å². The second kappa shape index (κ2) is 5.89. The summed E-state index contributed by atoms with van der Waals surface area (Å²) in [6.45, 7) is 1.69. The van der Waals surface area contributed by atoms with Gasteiger partial charge >= 0.3 is 0 Å². The third kappa shape index (κ3) is 2.90. The minimum atomic E-state index is -0.331. The molecule has 1 heterocycles. The van der Waals surface area contributed by atoms with Crippen LogP contribution in [0.3, 0.4) is 0 Å². The van der Waals surface area contributed by atoms with Crippen molar-refractivity contribution in [1.82, 2.24) is 4.90 Å². The summed E-state index contributed by atoms with van der Waals surface area (Å²) in [7, 11) is 4.17. The van der Waals surface area contributed by atoms with Crippen molar-refractivity contribution in [1.29, 1.82) is 5.26 Å². The van der Waals surface area contributed by atoms with E-state index in [2.05, 4.69) is 39.8 Å². The van der Waals surface area contributed by atoms with Crippen molar-refractivity contribution < 1.29 is 4.39 Å². The Labute approximate surface area is 121 Å². The van der Waals surface area contributed by atoms with Crippen LogP contribution >= 0.6 is 15.9 Å². The summed E-state index contributed by atoms with van der Waals surface area (Å²) in [5, 5.41) is 8.87. The molecule has 0 aromatic heterocycles. The summed E-state index contributed by atoms with van der Waals surface area (Å²) < 4.78 is 14.5. The summed E-state index contributed by atoms with van der Waals surface area (Å²) in [5.74, 6) is -0.331. The van der Waals surface area contributed by atoms with Crippen LogP contribution in [0.25, 0.3) is 0 Å². The molecule has 3 nitrogen and oxygen atoms in total. The molecule has 0 saturated carbocycles. The van der Waals surface area contributed by atoms with Gasteiger partial charge in [-0.3, -0.25) is 0 Å². The molecule has 1 fully saturated rings. The van der Waals surface area contributed by atoms with E-state index in [9.17, 15) is 4.39 Å². The molecule has 0 spiro atoms. The summed E-state index contributed by atoms with van der Waals surface area (Å²) in [5.41, 5.74) is 0.924. The highest BCUT2D eigenvalue weighted by Gasteiger charge is 2.23. The number of nitrogens with zero attached hydrogens (tertiary/aromatic N) is 3. The lowest BCUT2D eigenvalue weighted by Gasteiger charge is -2.36. The summed E-state index contributed by atoms with van der Waals surface area (Å²) in [6, 6.07) is 5.92. The first kappa shape index (κ1) is 14.3. The fourth-order valence-electron chi connectivity index (χ4n) is 2.49. The average Bonchev–Trinajstić information content (AvgIpc) is 2.42. The van der Waals surface area contributed by atoms with Gasteiger partial charge in [0.2, 0.25) is 0 Å². The fraction of sp³-hybridized carbons (Fsp3) is 0.500. The number of halogens is 2. The van der Waals surface area contributed by atoms with E-state index in [1.54, 1.807) is 12.1 Å². The molecule has 1 aromatic rings. The monoisotopic (exact) mass is 325 g/mol. The molecule has 0 bridgehead atoms. The summed E-state index contributed by atoms with van der Waals surface area (Å²) in [4.78, 5) is 4.28. The highest BCUT2D eigenvalue weighted by atomic mass is 79.9. The minimum absolute atomic E-state index is 0.266. The van der Waals surface area contributed by atoms with Crippen molar-refractivity contribution in [3.8, 4) is 6.07 Å². The van der Waals surface area contributed by atoms with Crippen molar-refractivity contribution in [3.05, 3.63) is 28.0 Å². The molecule has 0 N–H and O–H groups in total. The van der Waals surface area contributed by atoms with Gasteiger partial charge in [-0.05, 0) is 55.0 Å². The average molecular weight is 326 g/mol. The van der Waals surface area contributed by atoms with Crippen LogP contribution in [0.4, 0.5) is 10.1 Å². The molecule has 0 atom stereocenters. The molecule has 1 aromatic carbocycles. The maximum atomic E-state index is 14.2. The van der Waals surface area contributed by atoms with E-state index in [1.165, 1.54) is 0 Å². The van der Waals surface area contributed by atoms with Crippen molar-refractivity contribution in [2.24, 2.45) is 0 Å². The SMILES string of the molecule is CN(C)C1CCN(c2ccc(C#N)c(Br)c2F)CC1. The Balaban J connectivity index is 2.17. The van der Waals surface area contributed by atoms with E-state index in [0.717, 1.165) is 25.9 Å². The Kier molecular flexibility index (Phi) is 4.43. The zero-order valence-electron chi connectivity index (χ0n) is 11.2. The molecule has 0 amide bonds. The van der Waals surface area contributed by atoms with Crippen LogP contribution in [0, 0.1) is 17.1 Å². The highest BCUT2D eigenvalue weighted by molar-refractivity contribution is 9.10. The number of anilines is 1. The molecular weight excluding hydrogens is 309 g/mol. The van der Waals surface area contributed by atoms with Gasteiger partial charge in [-0.25, -0.2) is 4.39 Å². The molecule has 2 rings (SSSR count). The van der Waals surface area contributed by atoms with E-state index >= 15 is 0 Å². The molecule has 5 heteroatoms. The second-order valence-corrected chi connectivity index (χ2v) is 5.85. The lowest BCUT2D eigenvalue weighted by molar-refractivity contribution is 0.249. The van der Waals surface area contributed by atoms with Crippen molar-refractivity contribution in [3.63, 3.8) is 0 Å². The zero-order chi connectivity index (χ0) is 14.0. The Bertz CT molecular complexity index is 502.